The molecule has 2 amide bonds. The van der Waals surface area contributed by atoms with Gasteiger partial charge in [-0.2, -0.15) is 0 Å². The minimum absolute atomic E-state index is 0.218. The van der Waals surface area contributed by atoms with Gasteiger partial charge >= 0.3 is 0 Å². The molecule has 3 aromatic carbocycles. The molecule has 0 spiro atoms. The van der Waals surface area contributed by atoms with Gasteiger partial charge in [-0.1, -0.05) is 54.6 Å². The van der Waals surface area contributed by atoms with Crippen molar-refractivity contribution < 1.29 is 9.59 Å². The highest BCUT2D eigenvalue weighted by molar-refractivity contribution is 6.02. The number of para-hydroxylation sites is 2. The summed E-state index contributed by atoms with van der Waals surface area (Å²) < 4.78 is 0. The normalized spacial score (nSPS) is 14.1. The summed E-state index contributed by atoms with van der Waals surface area (Å²) in [4.78, 5) is 28.6. The van der Waals surface area contributed by atoms with E-state index in [0.29, 0.717) is 12.0 Å². The fraction of sp³-hybridized carbons (Fsp3) is 0.259. The van der Waals surface area contributed by atoms with Crippen LogP contribution < -0.4 is 15.5 Å². The number of hydrogen-bond donors (Lipinski definition) is 2. The molecule has 4 rings (SSSR count). The van der Waals surface area contributed by atoms with Gasteiger partial charge in [-0.05, 0) is 55.2 Å². The van der Waals surface area contributed by atoms with Crippen LogP contribution in [0.4, 0.5) is 11.4 Å². The number of amides is 2. The molecule has 0 radical (unpaired) electrons. The van der Waals surface area contributed by atoms with Gasteiger partial charge < -0.3 is 15.5 Å². The quantitative estimate of drug-likeness (QED) is 0.580. The van der Waals surface area contributed by atoms with Crippen LogP contribution in [0, 0.1) is 6.92 Å². The van der Waals surface area contributed by atoms with Crippen LogP contribution in [0.1, 0.15) is 34.3 Å². The van der Waals surface area contributed by atoms with Gasteiger partial charge in [-0.3, -0.25) is 9.59 Å². The number of nitrogens with zero attached hydrogens (tertiary/aromatic N) is 1. The number of rotatable bonds is 7. The van der Waals surface area contributed by atoms with Crippen molar-refractivity contribution in [3.8, 4) is 0 Å². The number of carbonyl (C=O) groups excluding carboxylic acids is 2. The van der Waals surface area contributed by atoms with E-state index in [4.69, 9.17) is 0 Å². The fourth-order valence-corrected chi connectivity index (χ4v) is 4.13. The molecule has 0 bridgehead atoms. The van der Waals surface area contributed by atoms with Crippen LogP contribution in [0.15, 0.2) is 78.9 Å². The molecule has 2 N–H and O–H groups in total. The van der Waals surface area contributed by atoms with Crippen LogP contribution in [0.3, 0.4) is 0 Å². The average molecular weight is 428 g/mol. The van der Waals surface area contributed by atoms with Gasteiger partial charge in [0.2, 0.25) is 5.91 Å². The second-order valence-electron chi connectivity index (χ2n) is 8.22. The predicted octanol–water partition coefficient (Wildman–Crippen LogP) is 4.58. The molecule has 1 unspecified atom stereocenters. The van der Waals surface area contributed by atoms with Crippen molar-refractivity contribution in [2.24, 2.45) is 0 Å². The molecular formula is C27H29N3O2. The molecule has 0 saturated carbocycles. The standard InChI is InChI=1S/C27H29N3O2/c1-20-11-5-6-14-22(20)19-24(29-26(31)21-12-3-2-4-13-21)27(32)28-23-15-7-8-16-25(23)30-17-9-10-18-30/h2-8,11-16,24H,9-10,17-19H2,1H3,(H,28,32)(H,29,31). The molecular weight excluding hydrogens is 398 g/mol. The Morgan fingerprint density at radius 3 is 2.28 bits per heavy atom. The van der Waals surface area contributed by atoms with E-state index < -0.39 is 6.04 Å². The maximum atomic E-state index is 13.4. The van der Waals surface area contributed by atoms with Crippen molar-refractivity contribution in [1.82, 2.24) is 5.32 Å². The minimum atomic E-state index is -0.699. The van der Waals surface area contributed by atoms with Gasteiger partial charge in [0.25, 0.3) is 5.91 Å². The highest BCUT2D eigenvalue weighted by Gasteiger charge is 2.24. The first-order valence-corrected chi connectivity index (χ1v) is 11.2. The maximum absolute atomic E-state index is 13.4. The van der Waals surface area contributed by atoms with Gasteiger partial charge in [0.1, 0.15) is 6.04 Å². The smallest absolute Gasteiger partial charge is 0.251 e. The van der Waals surface area contributed by atoms with E-state index >= 15 is 0 Å². The summed E-state index contributed by atoms with van der Waals surface area (Å²) in [6, 6.07) is 24.1. The van der Waals surface area contributed by atoms with E-state index in [9.17, 15) is 9.59 Å². The predicted molar refractivity (Wildman–Crippen MR) is 129 cm³/mol. The third-order valence-electron chi connectivity index (χ3n) is 5.95. The van der Waals surface area contributed by atoms with Crippen molar-refractivity contribution in [1.29, 1.82) is 0 Å². The molecule has 5 nitrogen and oxygen atoms in total. The first kappa shape index (κ1) is 21.6. The van der Waals surface area contributed by atoms with E-state index in [1.807, 2.05) is 73.7 Å². The van der Waals surface area contributed by atoms with Crippen LogP contribution in [-0.4, -0.2) is 30.9 Å². The number of aryl methyl sites for hydroxylation is 1. The molecule has 1 fully saturated rings. The number of carbonyl (C=O) groups is 2. The topological polar surface area (TPSA) is 61.4 Å². The Bertz CT molecular complexity index is 1080. The first-order valence-electron chi connectivity index (χ1n) is 11.2. The first-order chi connectivity index (χ1) is 15.6. The van der Waals surface area contributed by atoms with E-state index in [-0.39, 0.29) is 11.8 Å². The summed E-state index contributed by atoms with van der Waals surface area (Å²) in [7, 11) is 0. The van der Waals surface area contributed by atoms with Gasteiger partial charge in [0, 0.05) is 25.1 Å². The number of benzene rings is 3. The Morgan fingerprint density at radius 2 is 1.53 bits per heavy atom. The van der Waals surface area contributed by atoms with E-state index in [2.05, 4.69) is 15.5 Å². The summed E-state index contributed by atoms with van der Waals surface area (Å²) in [6.45, 7) is 4.00. The Hall–Kier alpha value is -3.60. The molecule has 5 heteroatoms. The molecule has 3 aromatic rings. The van der Waals surface area contributed by atoms with Crippen molar-refractivity contribution in [3.05, 3.63) is 95.6 Å². The third kappa shape index (κ3) is 5.17. The van der Waals surface area contributed by atoms with Crippen molar-refractivity contribution >= 4 is 23.2 Å². The maximum Gasteiger partial charge on any atom is 0.251 e. The van der Waals surface area contributed by atoms with Crippen molar-refractivity contribution in [2.75, 3.05) is 23.3 Å². The fourth-order valence-electron chi connectivity index (χ4n) is 4.13. The number of hydrogen-bond acceptors (Lipinski definition) is 3. The van der Waals surface area contributed by atoms with Gasteiger partial charge in [-0.25, -0.2) is 0 Å². The monoisotopic (exact) mass is 427 g/mol. The van der Waals surface area contributed by atoms with Crippen molar-refractivity contribution in [2.45, 2.75) is 32.2 Å². The minimum Gasteiger partial charge on any atom is -0.370 e. The van der Waals surface area contributed by atoms with E-state index in [0.717, 1.165) is 48.4 Å². The SMILES string of the molecule is Cc1ccccc1CC(NC(=O)c1ccccc1)C(=O)Nc1ccccc1N1CCCC1. The van der Waals surface area contributed by atoms with Gasteiger partial charge in [-0.15, -0.1) is 0 Å². The lowest BCUT2D eigenvalue weighted by Crippen LogP contribution is -2.45. The Labute approximate surface area is 189 Å². The Kier molecular flexibility index (Phi) is 6.85. The number of nitrogens with one attached hydrogen (secondary N) is 2. The second-order valence-corrected chi connectivity index (χ2v) is 8.22. The van der Waals surface area contributed by atoms with Crippen LogP contribution in [-0.2, 0) is 11.2 Å². The zero-order valence-corrected chi connectivity index (χ0v) is 18.4. The zero-order valence-electron chi connectivity index (χ0n) is 18.4. The van der Waals surface area contributed by atoms with Gasteiger partial charge in [0.15, 0.2) is 0 Å². The van der Waals surface area contributed by atoms with E-state index in [1.165, 1.54) is 0 Å². The van der Waals surface area contributed by atoms with Crippen LogP contribution in [0.2, 0.25) is 0 Å². The van der Waals surface area contributed by atoms with Crippen LogP contribution in [0.5, 0.6) is 0 Å². The Morgan fingerprint density at radius 1 is 0.875 bits per heavy atom. The summed E-state index contributed by atoms with van der Waals surface area (Å²) in [5.41, 5.74) is 4.48. The lowest BCUT2D eigenvalue weighted by molar-refractivity contribution is -0.118. The average Bonchev–Trinajstić information content (AvgIpc) is 3.35. The molecule has 1 aliphatic heterocycles. The summed E-state index contributed by atoms with van der Waals surface area (Å²) in [5.74, 6) is -0.476. The van der Waals surface area contributed by atoms with Crippen LogP contribution >= 0.6 is 0 Å². The molecule has 164 valence electrons. The lowest BCUT2D eigenvalue weighted by atomic mass is 10.00. The second kappa shape index (κ2) is 10.1. The molecule has 1 aliphatic rings. The molecule has 1 saturated heterocycles. The molecule has 0 aliphatic carbocycles. The van der Waals surface area contributed by atoms with Crippen molar-refractivity contribution in [3.63, 3.8) is 0 Å². The summed E-state index contributed by atoms with van der Waals surface area (Å²) >= 11 is 0. The largest absolute Gasteiger partial charge is 0.370 e. The molecule has 1 atom stereocenters. The zero-order chi connectivity index (χ0) is 22.3. The highest BCUT2D eigenvalue weighted by Crippen LogP contribution is 2.29. The summed E-state index contributed by atoms with van der Waals surface area (Å²) in [6.07, 6.45) is 2.74. The number of anilines is 2. The summed E-state index contributed by atoms with van der Waals surface area (Å²) in [5, 5.41) is 6.04. The molecule has 32 heavy (non-hydrogen) atoms. The van der Waals surface area contributed by atoms with Gasteiger partial charge in [0.05, 0.1) is 11.4 Å². The highest BCUT2D eigenvalue weighted by atomic mass is 16.2. The lowest BCUT2D eigenvalue weighted by Gasteiger charge is -2.24. The van der Waals surface area contributed by atoms with E-state index in [1.54, 1.807) is 12.1 Å². The molecule has 0 aromatic heterocycles. The van der Waals surface area contributed by atoms with Crippen LogP contribution in [0.25, 0.3) is 0 Å². The third-order valence-corrected chi connectivity index (χ3v) is 5.95. The molecule has 1 heterocycles. The Balaban J connectivity index is 1.57.